The third kappa shape index (κ3) is 5.44. The largest absolute Gasteiger partial charge is 0.454 e. The van der Waals surface area contributed by atoms with Crippen LogP contribution in [0.4, 0.5) is 5.69 Å². The van der Waals surface area contributed by atoms with Crippen molar-refractivity contribution in [2.75, 3.05) is 25.3 Å². The highest BCUT2D eigenvalue weighted by molar-refractivity contribution is 6.35. The number of benzene rings is 3. The molecule has 0 saturated carbocycles. The van der Waals surface area contributed by atoms with Crippen molar-refractivity contribution in [2.24, 2.45) is 5.73 Å². The van der Waals surface area contributed by atoms with E-state index in [2.05, 4.69) is 5.32 Å². The van der Waals surface area contributed by atoms with Crippen molar-refractivity contribution in [3.63, 3.8) is 0 Å². The third-order valence-electron chi connectivity index (χ3n) is 7.11. The first-order valence-electron chi connectivity index (χ1n) is 12.8. The van der Waals surface area contributed by atoms with E-state index in [9.17, 15) is 9.59 Å². The Morgan fingerprint density at radius 1 is 1.08 bits per heavy atom. The number of carbonyl (C=O) groups excluding carboxylic acids is 2. The predicted octanol–water partition coefficient (Wildman–Crippen LogP) is 4.22. The van der Waals surface area contributed by atoms with Crippen LogP contribution in [0.1, 0.15) is 16.8 Å². The molecule has 1 aliphatic rings. The lowest BCUT2D eigenvalue weighted by Crippen LogP contribution is -2.49. The summed E-state index contributed by atoms with van der Waals surface area (Å²) in [7, 11) is 1.69. The van der Waals surface area contributed by atoms with Crippen LogP contribution < -0.4 is 25.4 Å². The highest BCUT2D eigenvalue weighted by Crippen LogP contribution is 2.35. The first-order chi connectivity index (χ1) is 18.9. The Bertz CT molecular complexity index is 1520. The summed E-state index contributed by atoms with van der Waals surface area (Å²) in [6.07, 6.45) is 0.992. The SMILES string of the molecule is Cc1c(CCN)c2c(Cl)cccc2n1CC(=O)N[C@@H](Cc1ccccc1)C(=O)N(C)c1ccc2c(c1)OCO2. The molecule has 0 aliphatic carbocycles. The molecule has 3 N–H and O–H groups in total. The fourth-order valence-electron chi connectivity index (χ4n) is 5.10. The number of halogens is 1. The third-order valence-corrected chi connectivity index (χ3v) is 7.43. The summed E-state index contributed by atoms with van der Waals surface area (Å²) in [6, 6.07) is 19.8. The molecule has 1 atom stereocenters. The molecule has 39 heavy (non-hydrogen) atoms. The van der Waals surface area contributed by atoms with Gasteiger partial charge in [0, 0.05) is 36.3 Å². The summed E-state index contributed by atoms with van der Waals surface area (Å²) in [5.74, 6) is 0.699. The molecule has 3 aromatic carbocycles. The molecule has 8 nitrogen and oxygen atoms in total. The molecular weight excluding hydrogens is 516 g/mol. The molecule has 0 fully saturated rings. The second kappa shape index (κ2) is 11.4. The molecule has 2 heterocycles. The van der Waals surface area contributed by atoms with Gasteiger partial charge in [-0.3, -0.25) is 9.59 Å². The number of fused-ring (bicyclic) bond motifs is 2. The van der Waals surface area contributed by atoms with E-state index < -0.39 is 6.04 Å². The highest BCUT2D eigenvalue weighted by atomic mass is 35.5. The number of anilines is 1. The number of aromatic nitrogens is 1. The minimum Gasteiger partial charge on any atom is -0.454 e. The summed E-state index contributed by atoms with van der Waals surface area (Å²) in [5, 5.41) is 4.54. The van der Waals surface area contributed by atoms with E-state index in [4.69, 9.17) is 26.8 Å². The number of ether oxygens (including phenoxy) is 2. The van der Waals surface area contributed by atoms with Gasteiger partial charge in [-0.2, -0.15) is 0 Å². The number of likely N-dealkylation sites (N-methyl/N-ethyl adjacent to an activating group) is 1. The Hall–Kier alpha value is -4.01. The molecule has 0 bridgehead atoms. The molecule has 0 unspecified atom stereocenters. The van der Waals surface area contributed by atoms with Crippen molar-refractivity contribution in [3.8, 4) is 11.5 Å². The fraction of sp³-hybridized carbons (Fsp3) is 0.267. The van der Waals surface area contributed by atoms with Crippen molar-refractivity contribution >= 4 is 40.0 Å². The zero-order chi connectivity index (χ0) is 27.5. The van der Waals surface area contributed by atoms with Gasteiger partial charge in [0.25, 0.3) is 0 Å². The van der Waals surface area contributed by atoms with Gasteiger partial charge in [0.2, 0.25) is 18.6 Å². The molecule has 0 radical (unpaired) electrons. The highest BCUT2D eigenvalue weighted by Gasteiger charge is 2.27. The average Bonchev–Trinajstić information content (AvgIpc) is 3.51. The molecular formula is C30H31ClN4O4. The lowest BCUT2D eigenvalue weighted by atomic mass is 10.0. The van der Waals surface area contributed by atoms with Gasteiger partial charge in [-0.05, 0) is 55.3 Å². The molecule has 202 valence electrons. The van der Waals surface area contributed by atoms with Crippen LogP contribution in [0.2, 0.25) is 5.02 Å². The molecule has 2 amide bonds. The van der Waals surface area contributed by atoms with Crippen molar-refractivity contribution in [2.45, 2.75) is 32.4 Å². The normalized spacial score (nSPS) is 12.9. The van der Waals surface area contributed by atoms with Gasteiger partial charge in [0.05, 0.1) is 10.5 Å². The minimum atomic E-state index is -0.787. The van der Waals surface area contributed by atoms with Crippen LogP contribution in [0.15, 0.2) is 66.7 Å². The van der Waals surface area contributed by atoms with Crippen LogP contribution in [-0.4, -0.2) is 42.8 Å². The summed E-state index contributed by atoms with van der Waals surface area (Å²) in [6.45, 7) is 2.63. The van der Waals surface area contributed by atoms with Gasteiger partial charge in [0.1, 0.15) is 12.6 Å². The molecule has 0 saturated heterocycles. The Morgan fingerprint density at radius 2 is 1.85 bits per heavy atom. The van der Waals surface area contributed by atoms with E-state index in [-0.39, 0.29) is 25.2 Å². The molecule has 0 spiro atoms. The second-order valence-corrected chi connectivity index (χ2v) is 9.97. The summed E-state index contributed by atoms with van der Waals surface area (Å²) in [5.41, 5.74) is 10.3. The van der Waals surface area contributed by atoms with Gasteiger partial charge >= 0.3 is 0 Å². The smallest absolute Gasteiger partial charge is 0.249 e. The summed E-state index contributed by atoms with van der Waals surface area (Å²) < 4.78 is 12.8. The Kier molecular flexibility index (Phi) is 7.77. The first-order valence-corrected chi connectivity index (χ1v) is 13.2. The van der Waals surface area contributed by atoms with E-state index in [0.29, 0.717) is 41.6 Å². The number of hydrogen-bond acceptors (Lipinski definition) is 5. The van der Waals surface area contributed by atoms with E-state index in [1.54, 1.807) is 25.2 Å². The van der Waals surface area contributed by atoms with Gasteiger partial charge in [-0.1, -0.05) is 48.0 Å². The lowest BCUT2D eigenvalue weighted by Gasteiger charge is -2.25. The van der Waals surface area contributed by atoms with Gasteiger partial charge in [-0.25, -0.2) is 0 Å². The quantitative estimate of drug-likeness (QED) is 0.327. The van der Waals surface area contributed by atoms with Crippen LogP contribution in [0.5, 0.6) is 11.5 Å². The second-order valence-electron chi connectivity index (χ2n) is 9.57. The number of amides is 2. The number of nitrogens with zero attached hydrogens (tertiary/aromatic N) is 2. The van der Waals surface area contributed by atoms with Gasteiger partial charge < -0.3 is 30.0 Å². The van der Waals surface area contributed by atoms with Gasteiger partial charge in [0.15, 0.2) is 11.5 Å². The van der Waals surface area contributed by atoms with Crippen LogP contribution in [-0.2, 0) is 29.0 Å². The summed E-state index contributed by atoms with van der Waals surface area (Å²) >= 11 is 6.54. The Morgan fingerprint density at radius 3 is 2.62 bits per heavy atom. The Balaban J connectivity index is 1.41. The first kappa shape index (κ1) is 26.6. The van der Waals surface area contributed by atoms with Gasteiger partial charge in [-0.15, -0.1) is 0 Å². The average molecular weight is 547 g/mol. The Labute approximate surface area is 232 Å². The number of carbonyl (C=O) groups is 2. The van der Waals surface area contributed by atoms with Crippen molar-refractivity contribution in [1.82, 2.24) is 9.88 Å². The van der Waals surface area contributed by atoms with E-state index in [1.165, 1.54) is 4.90 Å². The maximum Gasteiger partial charge on any atom is 0.249 e. The van der Waals surface area contributed by atoms with Crippen LogP contribution in [0.25, 0.3) is 10.9 Å². The lowest BCUT2D eigenvalue weighted by molar-refractivity contribution is -0.127. The topological polar surface area (TPSA) is 98.8 Å². The molecule has 9 heteroatoms. The predicted molar refractivity (Wildman–Crippen MR) is 152 cm³/mol. The van der Waals surface area contributed by atoms with Crippen LogP contribution in [0.3, 0.4) is 0 Å². The number of nitrogens with one attached hydrogen (secondary N) is 1. The zero-order valence-corrected chi connectivity index (χ0v) is 22.7. The van der Waals surface area contributed by atoms with E-state index in [1.807, 2.05) is 60.0 Å². The maximum atomic E-state index is 13.8. The molecule has 5 rings (SSSR count). The maximum absolute atomic E-state index is 13.8. The molecule has 1 aromatic heterocycles. The number of rotatable bonds is 9. The van der Waals surface area contributed by atoms with Crippen molar-refractivity contribution in [1.29, 1.82) is 0 Å². The minimum absolute atomic E-state index is 0.0412. The van der Waals surface area contributed by atoms with Crippen molar-refractivity contribution < 1.29 is 19.1 Å². The van der Waals surface area contributed by atoms with Crippen LogP contribution >= 0.6 is 11.6 Å². The zero-order valence-electron chi connectivity index (χ0n) is 21.9. The molecule has 4 aromatic rings. The fourth-order valence-corrected chi connectivity index (χ4v) is 5.39. The number of hydrogen-bond donors (Lipinski definition) is 2. The van der Waals surface area contributed by atoms with E-state index >= 15 is 0 Å². The monoisotopic (exact) mass is 546 g/mol. The standard InChI is InChI=1S/C30H31ClN4O4/c1-19-22(13-14-32)29-23(31)9-6-10-25(29)35(19)17-28(36)33-24(15-20-7-4-3-5-8-20)30(37)34(2)21-11-12-26-27(16-21)39-18-38-26/h3-12,16,24H,13-15,17-18,32H2,1-2H3,(H,33,36)/t24-/m0/s1. The number of nitrogens with two attached hydrogens (primary N) is 1. The van der Waals surface area contributed by atoms with Crippen LogP contribution in [0, 0.1) is 6.92 Å². The van der Waals surface area contributed by atoms with Crippen molar-refractivity contribution in [3.05, 3.63) is 88.6 Å². The van der Waals surface area contributed by atoms with E-state index in [0.717, 1.165) is 27.7 Å². The molecule has 1 aliphatic heterocycles. The summed E-state index contributed by atoms with van der Waals surface area (Å²) in [4.78, 5) is 28.8.